The van der Waals surface area contributed by atoms with Crippen LogP contribution in [0.3, 0.4) is 0 Å². The molecule has 5 heteroatoms. The van der Waals surface area contributed by atoms with Gasteiger partial charge >= 0.3 is 0 Å². The second-order valence-electron chi connectivity index (χ2n) is 3.76. The molecule has 17 heavy (non-hydrogen) atoms. The highest BCUT2D eigenvalue weighted by molar-refractivity contribution is 6.42. The van der Waals surface area contributed by atoms with Crippen LogP contribution in [-0.4, -0.2) is 15.6 Å². The van der Waals surface area contributed by atoms with Crippen molar-refractivity contribution >= 4 is 29.0 Å². The molecule has 0 fully saturated rings. The first-order chi connectivity index (χ1) is 7.99. The molecule has 3 nitrogen and oxygen atoms in total. The van der Waals surface area contributed by atoms with Crippen molar-refractivity contribution in [2.75, 3.05) is 0 Å². The van der Waals surface area contributed by atoms with Gasteiger partial charge in [0.25, 0.3) is 0 Å². The zero-order chi connectivity index (χ0) is 12.6. The van der Waals surface area contributed by atoms with E-state index >= 15 is 0 Å². The topological polar surface area (TPSA) is 34.9 Å². The van der Waals surface area contributed by atoms with Gasteiger partial charge < -0.3 is 0 Å². The lowest BCUT2D eigenvalue weighted by molar-refractivity contribution is 0.103. The van der Waals surface area contributed by atoms with Crippen LogP contribution in [0.15, 0.2) is 24.4 Å². The summed E-state index contributed by atoms with van der Waals surface area (Å²) in [5, 5.41) is 4.94. The molecule has 0 aliphatic carbocycles. The maximum atomic E-state index is 12.2. The zero-order valence-electron chi connectivity index (χ0n) is 9.37. The maximum Gasteiger partial charge on any atom is 0.196 e. The van der Waals surface area contributed by atoms with E-state index < -0.39 is 0 Å². The van der Waals surface area contributed by atoms with Crippen LogP contribution in [-0.2, 0) is 7.05 Å². The van der Waals surface area contributed by atoms with Crippen LogP contribution >= 0.6 is 23.2 Å². The van der Waals surface area contributed by atoms with Crippen LogP contribution in [0.5, 0.6) is 0 Å². The van der Waals surface area contributed by atoms with Crippen molar-refractivity contribution in [1.29, 1.82) is 0 Å². The van der Waals surface area contributed by atoms with Gasteiger partial charge in [-0.3, -0.25) is 9.48 Å². The van der Waals surface area contributed by atoms with E-state index in [4.69, 9.17) is 23.2 Å². The van der Waals surface area contributed by atoms with E-state index in [0.29, 0.717) is 26.9 Å². The molecule has 0 N–H and O–H groups in total. The third kappa shape index (κ3) is 2.35. The number of carbonyl (C=O) groups is 1. The molecule has 0 atom stereocenters. The third-order valence-electron chi connectivity index (χ3n) is 2.44. The molecule has 0 saturated heterocycles. The monoisotopic (exact) mass is 268 g/mol. The quantitative estimate of drug-likeness (QED) is 0.784. The second kappa shape index (κ2) is 4.51. The minimum atomic E-state index is -0.103. The standard InChI is InChI=1S/C12H10Cl2N2O/c1-7-9(6-16(2)15-7)12(17)8-3-4-10(13)11(14)5-8/h3-6H,1-2H3. The van der Waals surface area contributed by atoms with Gasteiger partial charge in [0.05, 0.1) is 21.3 Å². The number of hydrogen-bond acceptors (Lipinski definition) is 2. The first-order valence-electron chi connectivity index (χ1n) is 4.99. The van der Waals surface area contributed by atoms with E-state index in [-0.39, 0.29) is 5.78 Å². The Labute approximate surface area is 109 Å². The molecular weight excluding hydrogens is 259 g/mol. The molecule has 2 rings (SSSR count). The van der Waals surface area contributed by atoms with Crippen molar-refractivity contribution in [3.63, 3.8) is 0 Å². The lowest BCUT2D eigenvalue weighted by Crippen LogP contribution is -2.01. The predicted octanol–water partition coefficient (Wildman–Crippen LogP) is 3.27. The fraction of sp³-hybridized carbons (Fsp3) is 0.167. The molecule has 0 amide bonds. The minimum Gasteiger partial charge on any atom is -0.288 e. The molecule has 0 bridgehead atoms. The van der Waals surface area contributed by atoms with Gasteiger partial charge in [-0.05, 0) is 25.1 Å². The first kappa shape index (κ1) is 12.1. The summed E-state index contributed by atoms with van der Waals surface area (Å²) in [4.78, 5) is 12.2. The van der Waals surface area contributed by atoms with Gasteiger partial charge in [0.1, 0.15) is 0 Å². The van der Waals surface area contributed by atoms with E-state index in [2.05, 4.69) is 5.10 Å². The summed E-state index contributed by atoms with van der Waals surface area (Å²) in [5.41, 5.74) is 1.78. The van der Waals surface area contributed by atoms with Gasteiger partial charge in [0.15, 0.2) is 5.78 Å². The summed E-state index contributed by atoms with van der Waals surface area (Å²) in [6, 6.07) is 4.84. The Hall–Kier alpha value is -1.32. The molecule has 2 aromatic rings. The Morgan fingerprint density at radius 2 is 2.00 bits per heavy atom. The SMILES string of the molecule is Cc1nn(C)cc1C(=O)c1ccc(Cl)c(Cl)c1. The number of rotatable bonds is 2. The first-order valence-corrected chi connectivity index (χ1v) is 5.74. The van der Waals surface area contributed by atoms with Crippen LogP contribution in [0.25, 0.3) is 0 Å². The molecule has 0 radical (unpaired) electrons. The lowest BCUT2D eigenvalue weighted by atomic mass is 10.0. The molecule has 88 valence electrons. The number of nitrogens with zero attached hydrogens (tertiary/aromatic N) is 2. The molecule has 0 spiro atoms. The molecule has 0 aliphatic heterocycles. The van der Waals surface area contributed by atoms with Crippen molar-refractivity contribution in [3.05, 3.63) is 51.3 Å². The van der Waals surface area contributed by atoms with Crippen LogP contribution in [0.4, 0.5) is 0 Å². The van der Waals surface area contributed by atoms with Crippen molar-refractivity contribution in [2.24, 2.45) is 7.05 Å². The van der Waals surface area contributed by atoms with Crippen LogP contribution in [0, 0.1) is 6.92 Å². The van der Waals surface area contributed by atoms with Crippen molar-refractivity contribution in [1.82, 2.24) is 9.78 Å². The summed E-state index contributed by atoms with van der Waals surface area (Å²) >= 11 is 11.7. The van der Waals surface area contributed by atoms with Gasteiger partial charge in [0.2, 0.25) is 0 Å². The number of aryl methyl sites for hydroxylation is 2. The molecule has 0 unspecified atom stereocenters. The van der Waals surface area contributed by atoms with E-state index in [1.807, 2.05) is 0 Å². The molecule has 1 heterocycles. The van der Waals surface area contributed by atoms with Gasteiger partial charge in [-0.15, -0.1) is 0 Å². The van der Waals surface area contributed by atoms with Crippen LogP contribution in [0.2, 0.25) is 10.0 Å². The summed E-state index contributed by atoms with van der Waals surface area (Å²) in [6.45, 7) is 1.80. The number of ketones is 1. The zero-order valence-corrected chi connectivity index (χ0v) is 10.9. The van der Waals surface area contributed by atoms with Crippen LogP contribution < -0.4 is 0 Å². The molecule has 0 saturated carbocycles. The highest BCUT2D eigenvalue weighted by Crippen LogP contribution is 2.24. The normalized spacial score (nSPS) is 10.6. The van der Waals surface area contributed by atoms with E-state index in [9.17, 15) is 4.79 Å². The maximum absolute atomic E-state index is 12.2. The van der Waals surface area contributed by atoms with Crippen molar-refractivity contribution in [2.45, 2.75) is 6.92 Å². The van der Waals surface area contributed by atoms with Crippen molar-refractivity contribution in [3.8, 4) is 0 Å². The number of halogens is 2. The molecule has 1 aromatic heterocycles. The molecular formula is C12H10Cl2N2O. The van der Waals surface area contributed by atoms with Crippen LogP contribution in [0.1, 0.15) is 21.6 Å². The summed E-state index contributed by atoms with van der Waals surface area (Å²) < 4.78 is 1.61. The Kier molecular flexibility index (Phi) is 3.22. The smallest absolute Gasteiger partial charge is 0.196 e. The largest absolute Gasteiger partial charge is 0.288 e. The highest BCUT2D eigenvalue weighted by Gasteiger charge is 2.15. The molecule has 1 aromatic carbocycles. The Morgan fingerprint density at radius 3 is 2.53 bits per heavy atom. The summed E-state index contributed by atoms with van der Waals surface area (Å²) in [6.07, 6.45) is 1.69. The average molecular weight is 269 g/mol. The van der Waals surface area contributed by atoms with Gasteiger partial charge in [-0.25, -0.2) is 0 Å². The fourth-order valence-electron chi connectivity index (χ4n) is 1.62. The van der Waals surface area contributed by atoms with E-state index in [1.54, 1.807) is 43.0 Å². The number of benzene rings is 1. The minimum absolute atomic E-state index is 0.103. The van der Waals surface area contributed by atoms with Gasteiger partial charge in [-0.1, -0.05) is 23.2 Å². The average Bonchev–Trinajstić information content (AvgIpc) is 2.61. The van der Waals surface area contributed by atoms with Gasteiger partial charge in [-0.2, -0.15) is 5.10 Å². The Balaban J connectivity index is 2.44. The Morgan fingerprint density at radius 1 is 1.29 bits per heavy atom. The van der Waals surface area contributed by atoms with E-state index in [1.165, 1.54) is 0 Å². The number of carbonyl (C=O) groups excluding carboxylic acids is 1. The third-order valence-corrected chi connectivity index (χ3v) is 3.18. The lowest BCUT2D eigenvalue weighted by Gasteiger charge is -2.01. The Bertz CT molecular complexity index is 590. The number of hydrogen-bond donors (Lipinski definition) is 0. The second-order valence-corrected chi connectivity index (χ2v) is 4.57. The molecule has 0 aliphatic rings. The van der Waals surface area contributed by atoms with E-state index in [0.717, 1.165) is 0 Å². The van der Waals surface area contributed by atoms with Gasteiger partial charge in [0, 0.05) is 18.8 Å². The van der Waals surface area contributed by atoms with Crippen molar-refractivity contribution < 1.29 is 4.79 Å². The highest BCUT2D eigenvalue weighted by atomic mass is 35.5. The number of aromatic nitrogens is 2. The fourth-order valence-corrected chi connectivity index (χ4v) is 1.91. The summed E-state index contributed by atoms with van der Waals surface area (Å²) in [5.74, 6) is -0.103. The summed E-state index contributed by atoms with van der Waals surface area (Å²) in [7, 11) is 1.78. The predicted molar refractivity (Wildman–Crippen MR) is 67.8 cm³/mol.